The van der Waals surface area contributed by atoms with E-state index in [1.165, 1.54) is 5.56 Å². The van der Waals surface area contributed by atoms with Crippen LogP contribution in [-0.2, 0) is 4.74 Å². The molecular formula is C29H28N4O2. The molecule has 1 amide bonds. The molecule has 0 radical (unpaired) electrons. The zero-order valence-electron chi connectivity index (χ0n) is 19.7. The highest BCUT2D eigenvalue weighted by Gasteiger charge is 2.22. The van der Waals surface area contributed by atoms with Crippen LogP contribution in [0.5, 0.6) is 0 Å². The minimum atomic E-state index is 0.00857. The number of pyridine rings is 2. The summed E-state index contributed by atoms with van der Waals surface area (Å²) < 4.78 is 5.38. The van der Waals surface area contributed by atoms with E-state index in [-0.39, 0.29) is 11.9 Å². The molecule has 5 rings (SSSR count). The van der Waals surface area contributed by atoms with Gasteiger partial charge in [0.2, 0.25) is 0 Å². The number of carbonyl (C=O) groups excluding carboxylic acids is 1. The number of ether oxygens (including phenoxy) is 1. The minimum Gasteiger partial charge on any atom is -0.378 e. The van der Waals surface area contributed by atoms with E-state index in [0.29, 0.717) is 31.9 Å². The molecule has 0 bridgehead atoms. The number of carbonyl (C=O) groups is 1. The van der Waals surface area contributed by atoms with E-state index in [1.807, 2.05) is 53.7 Å². The molecule has 1 unspecified atom stereocenters. The Morgan fingerprint density at radius 3 is 2.09 bits per heavy atom. The van der Waals surface area contributed by atoms with E-state index in [9.17, 15) is 4.79 Å². The van der Waals surface area contributed by atoms with Crippen LogP contribution < -0.4 is 4.90 Å². The van der Waals surface area contributed by atoms with Gasteiger partial charge in [0.25, 0.3) is 5.91 Å². The van der Waals surface area contributed by atoms with Gasteiger partial charge in [0, 0.05) is 31.0 Å². The SMILES string of the molecule is CC(c1ccccc1-c1ccc(C(=O)N2CCOCC2)cc1)N(c1cccnc1)c1cccnc1. The van der Waals surface area contributed by atoms with Gasteiger partial charge in [-0.25, -0.2) is 0 Å². The summed E-state index contributed by atoms with van der Waals surface area (Å²) in [6.07, 6.45) is 7.31. The van der Waals surface area contributed by atoms with E-state index in [2.05, 4.69) is 58.2 Å². The maximum Gasteiger partial charge on any atom is 0.254 e. The molecule has 1 atom stereocenters. The Morgan fingerprint density at radius 1 is 0.857 bits per heavy atom. The summed E-state index contributed by atoms with van der Waals surface area (Å²) in [4.78, 5) is 25.7. The summed E-state index contributed by atoms with van der Waals surface area (Å²) in [5.74, 6) is 0.0563. The van der Waals surface area contributed by atoms with Crippen LogP contribution in [0.1, 0.15) is 28.9 Å². The molecule has 0 aliphatic carbocycles. The molecule has 0 N–H and O–H groups in total. The molecule has 2 aromatic heterocycles. The molecule has 2 aromatic carbocycles. The predicted octanol–water partition coefficient (Wildman–Crippen LogP) is 5.52. The Kier molecular flexibility index (Phi) is 6.82. The fraction of sp³-hybridized carbons (Fsp3) is 0.207. The van der Waals surface area contributed by atoms with Crippen LogP contribution in [0.2, 0.25) is 0 Å². The third-order valence-electron chi connectivity index (χ3n) is 6.39. The van der Waals surface area contributed by atoms with Gasteiger partial charge in [-0.15, -0.1) is 0 Å². The van der Waals surface area contributed by atoms with Gasteiger partial charge in [-0.3, -0.25) is 14.8 Å². The highest BCUT2D eigenvalue weighted by molar-refractivity contribution is 5.94. The van der Waals surface area contributed by atoms with Crippen molar-refractivity contribution in [2.24, 2.45) is 0 Å². The average molecular weight is 465 g/mol. The first-order valence-electron chi connectivity index (χ1n) is 11.9. The maximum atomic E-state index is 12.9. The summed E-state index contributed by atoms with van der Waals surface area (Å²) in [5.41, 5.74) is 6.07. The molecule has 1 aliphatic rings. The Labute approximate surface area is 205 Å². The molecule has 1 aliphatic heterocycles. The Balaban J connectivity index is 1.48. The first-order chi connectivity index (χ1) is 17.2. The van der Waals surface area contributed by atoms with Crippen LogP contribution in [0.4, 0.5) is 11.4 Å². The number of benzene rings is 2. The molecule has 1 saturated heterocycles. The lowest BCUT2D eigenvalue weighted by Gasteiger charge is -2.32. The number of morpholine rings is 1. The smallest absolute Gasteiger partial charge is 0.254 e. The monoisotopic (exact) mass is 464 g/mol. The van der Waals surface area contributed by atoms with Crippen molar-refractivity contribution in [3.63, 3.8) is 0 Å². The summed E-state index contributed by atoms with van der Waals surface area (Å²) in [6.45, 7) is 4.66. The number of anilines is 2. The molecule has 6 nitrogen and oxygen atoms in total. The standard InChI is InChI=1S/C29H28N4O2/c1-22(33(25-6-4-14-30-20-25)26-7-5-15-31-21-26)27-8-2-3-9-28(27)23-10-12-24(13-11-23)29(34)32-16-18-35-19-17-32/h2-15,20-22H,16-19H2,1H3. The Morgan fingerprint density at radius 2 is 1.49 bits per heavy atom. The quantitative estimate of drug-likeness (QED) is 0.376. The second kappa shape index (κ2) is 10.5. The topological polar surface area (TPSA) is 58.6 Å². The van der Waals surface area contributed by atoms with Crippen LogP contribution >= 0.6 is 0 Å². The first-order valence-corrected chi connectivity index (χ1v) is 11.9. The largest absolute Gasteiger partial charge is 0.378 e. The van der Waals surface area contributed by atoms with Crippen molar-refractivity contribution in [1.82, 2.24) is 14.9 Å². The summed E-state index contributed by atoms with van der Waals surface area (Å²) in [7, 11) is 0. The number of rotatable bonds is 6. The fourth-order valence-corrected chi connectivity index (χ4v) is 4.59. The molecule has 0 saturated carbocycles. The molecule has 0 spiro atoms. The third kappa shape index (κ3) is 4.93. The van der Waals surface area contributed by atoms with Gasteiger partial charge in [-0.05, 0) is 60.0 Å². The zero-order valence-corrected chi connectivity index (χ0v) is 19.7. The van der Waals surface area contributed by atoms with Gasteiger partial charge in [0.15, 0.2) is 0 Å². The highest BCUT2D eigenvalue weighted by Crippen LogP contribution is 2.38. The number of aromatic nitrogens is 2. The van der Waals surface area contributed by atoms with Gasteiger partial charge in [0.1, 0.15) is 0 Å². The normalized spacial score (nSPS) is 14.4. The number of hydrogen-bond acceptors (Lipinski definition) is 5. The first kappa shape index (κ1) is 22.7. The second-order valence-electron chi connectivity index (χ2n) is 8.54. The lowest BCUT2D eigenvalue weighted by atomic mass is 9.93. The van der Waals surface area contributed by atoms with E-state index >= 15 is 0 Å². The van der Waals surface area contributed by atoms with Crippen LogP contribution in [0.25, 0.3) is 11.1 Å². The van der Waals surface area contributed by atoms with Gasteiger partial charge >= 0.3 is 0 Å². The summed E-state index contributed by atoms with van der Waals surface area (Å²) in [6, 6.07) is 24.4. The highest BCUT2D eigenvalue weighted by atomic mass is 16.5. The number of amides is 1. The lowest BCUT2D eigenvalue weighted by molar-refractivity contribution is 0.0303. The van der Waals surface area contributed by atoms with Crippen molar-refractivity contribution in [2.45, 2.75) is 13.0 Å². The third-order valence-corrected chi connectivity index (χ3v) is 6.39. The minimum absolute atomic E-state index is 0.00857. The van der Waals surface area contributed by atoms with Crippen LogP contribution in [0.3, 0.4) is 0 Å². The summed E-state index contributed by atoms with van der Waals surface area (Å²) in [5, 5.41) is 0. The van der Waals surface area contributed by atoms with Gasteiger partial charge in [0.05, 0.1) is 43.0 Å². The van der Waals surface area contributed by atoms with Crippen LogP contribution in [0, 0.1) is 0 Å². The van der Waals surface area contributed by atoms with Crippen LogP contribution in [0.15, 0.2) is 97.6 Å². The van der Waals surface area contributed by atoms with E-state index in [0.717, 1.165) is 22.5 Å². The molecular weight excluding hydrogens is 436 g/mol. The lowest BCUT2D eigenvalue weighted by Crippen LogP contribution is -2.40. The van der Waals surface area contributed by atoms with Crippen molar-refractivity contribution < 1.29 is 9.53 Å². The summed E-state index contributed by atoms with van der Waals surface area (Å²) >= 11 is 0. The van der Waals surface area contributed by atoms with Crippen molar-refractivity contribution in [3.8, 4) is 11.1 Å². The zero-order chi connectivity index (χ0) is 24.0. The Hall–Kier alpha value is -4.03. The molecule has 3 heterocycles. The van der Waals surface area contributed by atoms with Crippen LogP contribution in [-0.4, -0.2) is 47.1 Å². The maximum absolute atomic E-state index is 12.9. The van der Waals surface area contributed by atoms with Crippen molar-refractivity contribution in [3.05, 3.63) is 109 Å². The molecule has 4 aromatic rings. The molecule has 6 heteroatoms. The molecule has 1 fully saturated rings. The average Bonchev–Trinajstić information content (AvgIpc) is 2.94. The fourth-order valence-electron chi connectivity index (χ4n) is 4.59. The van der Waals surface area contributed by atoms with Gasteiger partial charge in [-0.2, -0.15) is 0 Å². The van der Waals surface area contributed by atoms with E-state index < -0.39 is 0 Å². The second-order valence-corrected chi connectivity index (χ2v) is 8.54. The van der Waals surface area contributed by atoms with Crippen molar-refractivity contribution in [1.29, 1.82) is 0 Å². The Bertz CT molecular complexity index is 1220. The number of hydrogen-bond donors (Lipinski definition) is 0. The number of nitrogens with zero attached hydrogens (tertiary/aromatic N) is 4. The van der Waals surface area contributed by atoms with Gasteiger partial charge < -0.3 is 14.5 Å². The molecule has 35 heavy (non-hydrogen) atoms. The van der Waals surface area contributed by atoms with Crippen molar-refractivity contribution >= 4 is 17.3 Å². The van der Waals surface area contributed by atoms with E-state index in [1.54, 1.807) is 12.4 Å². The van der Waals surface area contributed by atoms with E-state index in [4.69, 9.17) is 4.74 Å². The molecule has 176 valence electrons. The van der Waals surface area contributed by atoms with Gasteiger partial charge in [-0.1, -0.05) is 36.4 Å². The predicted molar refractivity (Wildman–Crippen MR) is 138 cm³/mol. The van der Waals surface area contributed by atoms with Crippen molar-refractivity contribution in [2.75, 3.05) is 31.2 Å².